The van der Waals surface area contributed by atoms with Gasteiger partial charge in [-0.2, -0.15) is 0 Å². The van der Waals surface area contributed by atoms with Crippen LogP contribution >= 0.6 is 34.4 Å². The van der Waals surface area contributed by atoms with Gasteiger partial charge in [-0.15, -0.1) is 0 Å². The highest BCUT2D eigenvalue weighted by molar-refractivity contribution is 14.1. The monoisotopic (exact) mass is 335 g/mol. The van der Waals surface area contributed by atoms with Crippen LogP contribution in [0.1, 0.15) is 0 Å². The zero-order chi connectivity index (χ0) is 11.4. The molecular weight excluding hydrogens is 319 g/mol. The second-order valence-electron chi connectivity index (χ2n) is 3.63. The zero-order valence-electron chi connectivity index (χ0n) is 9.49. The number of thioether (sulfide) groups is 1. The normalized spacial score (nSPS) is 9.93. The quantitative estimate of drug-likeness (QED) is 0.256. The van der Waals surface area contributed by atoms with Gasteiger partial charge >= 0.3 is 5.17 Å². The van der Waals surface area contributed by atoms with Gasteiger partial charge in [0.15, 0.2) is 0 Å². The molecule has 0 aliphatic rings. The van der Waals surface area contributed by atoms with E-state index in [0.717, 1.165) is 0 Å². The maximum Gasteiger partial charge on any atom is 0.312 e. The highest BCUT2D eigenvalue weighted by Crippen LogP contribution is 2.21. The molecule has 0 radical (unpaired) electrons. The molecule has 0 aliphatic carbocycles. The molecule has 0 bridgehead atoms. The summed E-state index contributed by atoms with van der Waals surface area (Å²) in [6, 6.07) is 8.53. The fourth-order valence-corrected chi connectivity index (χ4v) is 2.88. The van der Waals surface area contributed by atoms with E-state index in [1.807, 2.05) is 0 Å². The van der Waals surface area contributed by atoms with E-state index < -0.39 is 0 Å². The number of benzene rings is 1. The van der Waals surface area contributed by atoms with Crippen molar-refractivity contribution in [2.75, 3.05) is 28.2 Å². The van der Waals surface area contributed by atoms with Crippen LogP contribution in [0, 0.1) is 3.57 Å². The van der Waals surface area contributed by atoms with Crippen molar-refractivity contribution in [2.45, 2.75) is 4.90 Å². The van der Waals surface area contributed by atoms with E-state index in [0.29, 0.717) is 0 Å². The number of rotatable bonds is 1. The Morgan fingerprint density at radius 3 is 2.47 bits per heavy atom. The second-order valence-corrected chi connectivity index (χ2v) is 5.92. The first-order chi connectivity index (χ1) is 7.00. The fraction of sp³-hybridized carbons (Fsp3) is 0.364. The molecule has 2 nitrogen and oxygen atoms in total. The van der Waals surface area contributed by atoms with Gasteiger partial charge in [0.05, 0.1) is 28.2 Å². The summed E-state index contributed by atoms with van der Waals surface area (Å²) in [6.45, 7) is 0. The van der Waals surface area contributed by atoms with Crippen molar-refractivity contribution in [2.24, 2.45) is 0 Å². The lowest BCUT2D eigenvalue weighted by atomic mass is 10.4. The van der Waals surface area contributed by atoms with Crippen molar-refractivity contribution >= 4 is 39.5 Å². The molecule has 0 aliphatic heterocycles. The molecule has 0 fully saturated rings. The third-order valence-electron chi connectivity index (χ3n) is 1.77. The Morgan fingerprint density at radius 2 is 2.00 bits per heavy atom. The molecule has 1 aromatic carbocycles. The van der Waals surface area contributed by atoms with Crippen molar-refractivity contribution in [3.63, 3.8) is 0 Å². The van der Waals surface area contributed by atoms with Gasteiger partial charge in [-0.05, 0) is 52.6 Å². The van der Waals surface area contributed by atoms with E-state index in [1.54, 1.807) is 11.8 Å². The van der Waals surface area contributed by atoms with Gasteiger partial charge in [-0.1, -0.05) is 6.07 Å². The van der Waals surface area contributed by atoms with Crippen LogP contribution in [-0.2, 0) is 0 Å². The van der Waals surface area contributed by atoms with Crippen LogP contribution in [0.5, 0.6) is 0 Å². The molecule has 0 saturated heterocycles. The minimum atomic E-state index is 1.23. The number of nitrogens with zero attached hydrogens (tertiary/aromatic N) is 2. The molecule has 0 amide bonds. The zero-order valence-corrected chi connectivity index (χ0v) is 12.5. The average Bonchev–Trinajstić information content (AvgIpc) is 2.13. The Hall–Kier alpha value is -0.230. The van der Waals surface area contributed by atoms with E-state index >= 15 is 0 Å². The summed E-state index contributed by atoms with van der Waals surface area (Å²) in [5.74, 6) is 0. The summed E-state index contributed by atoms with van der Waals surface area (Å²) < 4.78 is 3.40. The van der Waals surface area contributed by atoms with Gasteiger partial charge in [0, 0.05) is 8.47 Å². The van der Waals surface area contributed by atoms with Crippen molar-refractivity contribution in [1.29, 1.82) is 0 Å². The van der Waals surface area contributed by atoms with Crippen LogP contribution in [0.2, 0.25) is 0 Å². The topological polar surface area (TPSA) is 6.25 Å². The van der Waals surface area contributed by atoms with Crippen molar-refractivity contribution < 1.29 is 4.58 Å². The smallest absolute Gasteiger partial charge is 0.261 e. The van der Waals surface area contributed by atoms with Gasteiger partial charge in [0.1, 0.15) is 0 Å². The van der Waals surface area contributed by atoms with Crippen LogP contribution in [0.4, 0.5) is 0 Å². The van der Waals surface area contributed by atoms with E-state index in [4.69, 9.17) is 0 Å². The molecule has 0 heterocycles. The summed E-state index contributed by atoms with van der Waals surface area (Å²) in [5, 5.41) is 1.23. The predicted octanol–water partition coefficient (Wildman–Crippen LogP) is 2.57. The predicted molar refractivity (Wildman–Crippen MR) is 75.8 cm³/mol. The molecule has 0 spiro atoms. The third-order valence-corrected chi connectivity index (χ3v) is 3.84. The van der Waals surface area contributed by atoms with Gasteiger partial charge < -0.3 is 0 Å². The molecule has 0 N–H and O–H groups in total. The maximum atomic E-state index is 2.34. The van der Waals surface area contributed by atoms with E-state index in [-0.39, 0.29) is 0 Å². The Labute approximate surface area is 110 Å². The molecule has 1 aromatic rings. The largest absolute Gasteiger partial charge is 0.312 e. The maximum absolute atomic E-state index is 2.34. The van der Waals surface area contributed by atoms with Crippen molar-refractivity contribution in [1.82, 2.24) is 4.90 Å². The lowest BCUT2D eigenvalue weighted by Crippen LogP contribution is -2.26. The first-order valence-electron chi connectivity index (χ1n) is 4.65. The summed E-state index contributed by atoms with van der Waals surface area (Å²) in [6.07, 6.45) is 0. The van der Waals surface area contributed by atoms with Crippen molar-refractivity contribution in [3.05, 3.63) is 27.8 Å². The molecule has 0 atom stereocenters. The van der Waals surface area contributed by atoms with E-state index in [9.17, 15) is 0 Å². The Kier molecular flexibility index (Phi) is 4.92. The number of hydrogen-bond donors (Lipinski definition) is 0. The summed E-state index contributed by atoms with van der Waals surface area (Å²) >= 11 is 4.12. The first-order valence-corrected chi connectivity index (χ1v) is 6.55. The van der Waals surface area contributed by atoms with Crippen molar-refractivity contribution in [3.8, 4) is 0 Å². The summed E-state index contributed by atoms with van der Waals surface area (Å²) in [4.78, 5) is 3.41. The molecule has 0 saturated carbocycles. The van der Waals surface area contributed by atoms with Crippen LogP contribution in [-0.4, -0.2) is 42.8 Å². The highest BCUT2D eigenvalue weighted by Gasteiger charge is 2.13. The lowest BCUT2D eigenvalue weighted by molar-refractivity contribution is -0.466. The number of amidine groups is 1. The van der Waals surface area contributed by atoms with Gasteiger partial charge in [-0.3, -0.25) is 9.48 Å². The second kappa shape index (κ2) is 5.75. The molecule has 4 heteroatoms. The fourth-order valence-electron chi connectivity index (χ4n) is 1.22. The van der Waals surface area contributed by atoms with E-state index in [2.05, 4.69) is 84.5 Å². The number of hydrogen-bond acceptors (Lipinski definition) is 1. The van der Waals surface area contributed by atoms with E-state index in [1.165, 1.54) is 13.6 Å². The first kappa shape index (κ1) is 12.8. The Balaban J connectivity index is 2.89. The molecule has 82 valence electrons. The van der Waals surface area contributed by atoms with Gasteiger partial charge in [0.25, 0.3) is 0 Å². The minimum absolute atomic E-state index is 1.23. The molecular formula is C11H16IN2S+. The standard InChI is InChI=1S/C11H16IN2S/c1-13(2)11(14(3)4)15-10-7-5-6-9(12)8-10/h5-8H,1-4H3/q+1. The van der Waals surface area contributed by atoms with Crippen LogP contribution in [0.3, 0.4) is 0 Å². The van der Waals surface area contributed by atoms with Crippen LogP contribution in [0.25, 0.3) is 0 Å². The Bertz CT molecular complexity index is 371. The molecule has 15 heavy (non-hydrogen) atoms. The number of halogens is 1. The average molecular weight is 335 g/mol. The van der Waals surface area contributed by atoms with Crippen LogP contribution in [0.15, 0.2) is 29.2 Å². The summed E-state index contributed by atoms with van der Waals surface area (Å²) in [5.41, 5.74) is 0. The Morgan fingerprint density at radius 1 is 1.33 bits per heavy atom. The minimum Gasteiger partial charge on any atom is -0.261 e. The molecule has 1 rings (SSSR count). The molecule has 0 unspecified atom stereocenters. The van der Waals surface area contributed by atoms with Gasteiger partial charge in [-0.25, -0.2) is 0 Å². The van der Waals surface area contributed by atoms with Gasteiger partial charge in [0.2, 0.25) is 0 Å². The van der Waals surface area contributed by atoms with Crippen LogP contribution < -0.4 is 0 Å². The highest BCUT2D eigenvalue weighted by atomic mass is 127. The molecule has 0 aromatic heterocycles. The third kappa shape index (κ3) is 4.03. The lowest BCUT2D eigenvalue weighted by Gasteiger charge is -2.10. The summed E-state index contributed by atoms with van der Waals surface area (Å²) in [7, 11) is 8.26. The SMILES string of the molecule is CN(C)C(Sc1cccc(I)c1)=[N+](C)C.